The van der Waals surface area contributed by atoms with E-state index in [1.165, 1.54) is 76.2 Å². The second-order valence-electron chi connectivity index (χ2n) is 16.9. The van der Waals surface area contributed by atoms with E-state index in [1.54, 1.807) is 11.1 Å². The molecule has 2 heteroatoms. The van der Waals surface area contributed by atoms with Crippen LogP contribution in [0.1, 0.15) is 43.2 Å². The highest BCUT2D eigenvalue weighted by atomic mass is 16.3. The van der Waals surface area contributed by atoms with Crippen LogP contribution in [0.15, 0.2) is 156 Å². The Bertz CT molecular complexity index is 3000. The number of furan rings is 1. The molecule has 4 saturated carbocycles. The third kappa shape index (κ3) is 3.81. The van der Waals surface area contributed by atoms with Crippen molar-refractivity contribution in [2.75, 3.05) is 0 Å². The van der Waals surface area contributed by atoms with Crippen molar-refractivity contribution >= 4 is 43.7 Å². The highest BCUT2D eigenvalue weighted by molar-refractivity contribution is 6.11. The van der Waals surface area contributed by atoms with Crippen molar-refractivity contribution in [2.24, 2.45) is 23.7 Å². The van der Waals surface area contributed by atoms with Crippen LogP contribution >= 0.6 is 0 Å². The third-order valence-electron chi connectivity index (χ3n) is 14.4. The number of aromatic nitrogens is 1. The normalized spacial score (nSPS) is 23.6. The molecular formula is C52H39NO. The maximum Gasteiger partial charge on any atom is 0.143 e. The molecule has 5 aliphatic carbocycles. The largest absolute Gasteiger partial charge is 0.455 e. The number of hydrogen-bond donors (Lipinski definition) is 0. The zero-order chi connectivity index (χ0) is 35.1. The molecule has 54 heavy (non-hydrogen) atoms. The molecule has 0 radical (unpaired) electrons. The topological polar surface area (TPSA) is 18.1 Å². The Labute approximate surface area is 314 Å². The van der Waals surface area contributed by atoms with E-state index >= 15 is 0 Å². The van der Waals surface area contributed by atoms with Gasteiger partial charge in [-0.1, -0.05) is 109 Å². The first kappa shape index (κ1) is 29.6. The van der Waals surface area contributed by atoms with Gasteiger partial charge in [0.1, 0.15) is 11.2 Å². The van der Waals surface area contributed by atoms with Crippen LogP contribution in [0.5, 0.6) is 0 Å². The molecule has 0 atom stereocenters. The molecule has 0 amide bonds. The number of nitrogens with zero attached hydrogens (tertiary/aromatic N) is 1. The first-order valence-corrected chi connectivity index (χ1v) is 20.0. The fourth-order valence-corrected chi connectivity index (χ4v) is 12.6. The van der Waals surface area contributed by atoms with E-state index in [1.807, 2.05) is 6.07 Å². The summed E-state index contributed by atoms with van der Waals surface area (Å²) in [7, 11) is 0. The molecule has 2 aromatic heterocycles. The van der Waals surface area contributed by atoms with Gasteiger partial charge >= 0.3 is 0 Å². The fourth-order valence-electron chi connectivity index (χ4n) is 12.6. The number of para-hydroxylation sites is 3. The average Bonchev–Trinajstić information content (AvgIpc) is 3.86. The van der Waals surface area contributed by atoms with Crippen LogP contribution in [-0.4, -0.2) is 4.57 Å². The van der Waals surface area contributed by atoms with Crippen LogP contribution < -0.4 is 0 Å². The Morgan fingerprint density at radius 1 is 0.444 bits per heavy atom. The van der Waals surface area contributed by atoms with E-state index in [2.05, 4.69) is 150 Å². The molecule has 258 valence electrons. The molecular weight excluding hydrogens is 655 g/mol. The number of benzene rings is 7. The molecule has 0 unspecified atom stereocenters. The molecule has 7 aromatic carbocycles. The van der Waals surface area contributed by atoms with Gasteiger partial charge in [0.25, 0.3) is 0 Å². The summed E-state index contributed by atoms with van der Waals surface area (Å²) in [6, 6.07) is 56.8. The van der Waals surface area contributed by atoms with Crippen LogP contribution in [0.3, 0.4) is 0 Å². The lowest BCUT2D eigenvalue weighted by molar-refractivity contribution is -0.0399. The van der Waals surface area contributed by atoms with E-state index in [-0.39, 0.29) is 5.41 Å². The summed E-state index contributed by atoms with van der Waals surface area (Å²) in [4.78, 5) is 0. The van der Waals surface area contributed by atoms with Crippen LogP contribution in [0.4, 0.5) is 0 Å². The lowest BCUT2D eigenvalue weighted by atomic mass is 9.43. The second kappa shape index (κ2) is 10.6. The van der Waals surface area contributed by atoms with Gasteiger partial charge in [-0.15, -0.1) is 0 Å². The molecule has 5 aliphatic rings. The summed E-state index contributed by atoms with van der Waals surface area (Å²) in [5, 5.41) is 4.87. The SMILES string of the molecule is c1cc(-c2cccc3c2oc2ccccc23)cc(-n2c3ccccc3c3cc(-c4ccc5c(c4)-c4ccccc4C54C5CC6CC(C5)CC4C6)ccc32)c1. The summed E-state index contributed by atoms with van der Waals surface area (Å²) in [6.07, 6.45) is 7.16. The minimum atomic E-state index is 0.208. The highest BCUT2D eigenvalue weighted by Gasteiger charge is 2.61. The van der Waals surface area contributed by atoms with Gasteiger partial charge in [0, 0.05) is 38.2 Å². The summed E-state index contributed by atoms with van der Waals surface area (Å²) >= 11 is 0. The van der Waals surface area contributed by atoms with E-state index in [0.29, 0.717) is 0 Å². The summed E-state index contributed by atoms with van der Waals surface area (Å²) in [6.45, 7) is 0. The van der Waals surface area contributed by atoms with Crippen LogP contribution in [0.25, 0.3) is 82.8 Å². The molecule has 14 rings (SSSR count). The molecule has 1 spiro atoms. The first-order chi connectivity index (χ1) is 26.7. The van der Waals surface area contributed by atoms with E-state index in [9.17, 15) is 0 Å². The maximum absolute atomic E-state index is 6.46. The quantitative estimate of drug-likeness (QED) is 0.180. The van der Waals surface area contributed by atoms with Gasteiger partial charge in [0.15, 0.2) is 0 Å². The lowest BCUT2D eigenvalue weighted by Crippen LogP contribution is -2.55. The highest BCUT2D eigenvalue weighted by Crippen LogP contribution is 2.69. The van der Waals surface area contributed by atoms with E-state index in [0.717, 1.165) is 62.4 Å². The minimum Gasteiger partial charge on any atom is -0.455 e. The fraction of sp³-hybridized carbons (Fsp3) is 0.192. The van der Waals surface area contributed by atoms with Crippen molar-refractivity contribution in [3.8, 4) is 39.1 Å². The molecule has 2 heterocycles. The predicted octanol–water partition coefficient (Wildman–Crippen LogP) is 13.7. The average molecular weight is 694 g/mol. The molecule has 0 N–H and O–H groups in total. The summed E-state index contributed by atoms with van der Waals surface area (Å²) < 4.78 is 8.90. The Balaban J connectivity index is 0.949. The van der Waals surface area contributed by atoms with Gasteiger partial charge in [-0.05, 0) is 137 Å². The van der Waals surface area contributed by atoms with Crippen molar-refractivity contribution in [2.45, 2.75) is 37.5 Å². The van der Waals surface area contributed by atoms with Gasteiger partial charge in [-0.2, -0.15) is 0 Å². The Hall–Kier alpha value is -5.86. The first-order valence-electron chi connectivity index (χ1n) is 20.0. The Kier molecular flexibility index (Phi) is 5.83. The summed E-state index contributed by atoms with van der Waals surface area (Å²) in [5.41, 5.74) is 16.7. The Morgan fingerprint density at radius 2 is 1.11 bits per heavy atom. The zero-order valence-electron chi connectivity index (χ0n) is 30.1. The third-order valence-corrected chi connectivity index (χ3v) is 14.4. The standard InChI is InChI=1S/C52H39NO/c1-4-16-46-40(11-1)44-29-33(19-21-47(44)52(46)36-24-31-23-32(26-36)27-37(52)25-31)34-20-22-49-45(30-34)41-12-2-5-17-48(41)53(49)38-10-7-9-35(28-38)39-14-8-15-43-42-13-3-6-18-50(42)54-51(39)43/h1-22,28-32,36-37H,23-27H2. The van der Waals surface area contributed by atoms with Crippen molar-refractivity contribution in [1.29, 1.82) is 0 Å². The van der Waals surface area contributed by atoms with Gasteiger partial charge in [-0.25, -0.2) is 0 Å². The zero-order valence-corrected chi connectivity index (χ0v) is 30.1. The van der Waals surface area contributed by atoms with Gasteiger partial charge in [-0.3, -0.25) is 0 Å². The molecule has 0 aliphatic heterocycles. The number of hydrogen-bond acceptors (Lipinski definition) is 1. The minimum absolute atomic E-state index is 0.208. The van der Waals surface area contributed by atoms with Crippen molar-refractivity contribution < 1.29 is 4.42 Å². The molecule has 0 saturated heterocycles. The number of rotatable bonds is 3. The van der Waals surface area contributed by atoms with Gasteiger partial charge < -0.3 is 8.98 Å². The second-order valence-corrected chi connectivity index (χ2v) is 16.9. The van der Waals surface area contributed by atoms with Crippen LogP contribution in [0, 0.1) is 23.7 Å². The van der Waals surface area contributed by atoms with Crippen molar-refractivity contribution in [3.05, 3.63) is 163 Å². The maximum atomic E-state index is 6.46. The van der Waals surface area contributed by atoms with Crippen LogP contribution in [-0.2, 0) is 5.41 Å². The van der Waals surface area contributed by atoms with Crippen molar-refractivity contribution in [3.63, 3.8) is 0 Å². The van der Waals surface area contributed by atoms with Gasteiger partial charge in [0.2, 0.25) is 0 Å². The number of fused-ring (bicyclic) bond motifs is 9. The lowest BCUT2D eigenvalue weighted by Gasteiger charge is -2.61. The smallest absolute Gasteiger partial charge is 0.143 e. The monoisotopic (exact) mass is 693 g/mol. The van der Waals surface area contributed by atoms with Gasteiger partial charge in [0.05, 0.1) is 11.0 Å². The van der Waals surface area contributed by atoms with Crippen LogP contribution in [0.2, 0.25) is 0 Å². The molecule has 4 bridgehead atoms. The molecule has 4 fully saturated rings. The summed E-state index contributed by atoms with van der Waals surface area (Å²) in [5.74, 6) is 3.48. The Morgan fingerprint density at radius 3 is 2.00 bits per heavy atom. The van der Waals surface area contributed by atoms with E-state index < -0.39 is 0 Å². The predicted molar refractivity (Wildman–Crippen MR) is 222 cm³/mol. The molecule has 2 nitrogen and oxygen atoms in total. The van der Waals surface area contributed by atoms with Crippen molar-refractivity contribution in [1.82, 2.24) is 4.57 Å². The van der Waals surface area contributed by atoms with E-state index in [4.69, 9.17) is 4.42 Å². The molecule has 9 aromatic rings.